The van der Waals surface area contributed by atoms with E-state index in [1.165, 1.54) is 0 Å². The topological polar surface area (TPSA) is 63.2 Å². The number of unbranched alkanes of at least 4 members (excludes halogenated alkanes) is 1. The largest absolute Gasteiger partial charge is 0.486 e. The fraction of sp³-hybridized carbons (Fsp3) is 0.294. The van der Waals surface area contributed by atoms with E-state index in [2.05, 4.69) is 22.5 Å². The Morgan fingerprint density at radius 1 is 1.30 bits per heavy atom. The van der Waals surface area contributed by atoms with Gasteiger partial charge in [0.05, 0.1) is 10.7 Å². The number of hydrogen-bond donors (Lipinski definition) is 2. The number of urea groups is 1. The number of aromatic nitrogens is 1. The van der Waals surface area contributed by atoms with Crippen molar-refractivity contribution in [3.63, 3.8) is 0 Å². The Morgan fingerprint density at radius 3 is 2.87 bits per heavy atom. The van der Waals surface area contributed by atoms with Crippen molar-refractivity contribution in [1.82, 2.24) is 10.3 Å². The molecule has 122 valence electrons. The van der Waals surface area contributed by atoms with Gasteiger partial charge in [0.25, 0.3) is 0 Å². The van der Waals surface area contributed by atoms with Crippen LogP contribution < -0.4 is 15.4 Å². The summed E-state index contributed by atoms with van der Waals surface area (Å²) in [5.74, 6) is 0.550. The van der Waals surface area contributed by atoms with Crippen molar-refractivity contribution in [2.24, 2.45) is 0 Å². The molecule has 0 spiro atoms. The second-order valence-electron chi connectivity index (χ2n) is 4.99. The molecule has 2 rings (SSSR count). The van der Waals surface area contributed by atoms with Gasteiger partial charge in [0, 0.05) is 18.4 Å². The molecular weight excluding hydrogens is 314 g/mol. The minimum absolute atomic E-state index is 0.239. The Balaban J connectivity index is 1.88. The number of pyridine rings is 1. The normalized spacial score (nSPS) is 10.2. The zero-order valence-corrected chi connectivity index (χ0v) is 13.8. The number of anilines is 1. The highest BCUT2D eigenvalue weighted by Gasteiger charge is 2.06. The number of nitrogens with zero attached hydrogens (tertiary/aromatic N) is 1. The van der Waals surface area contributed by atoms with Crippen molar-refractivity contribution in [2.45, 2.75) is 26.4 Å². The van der Waals surface area contributed by atoms with Crippen molar-refractivity contribution in [3.8, 4) is 5.75 Å². The quantitative estimate of drug-likeness (QED) is 0.745. The van der Waals surface area contributed by atoms with Crippen molar-refractivity contribution in [2.75, 3.05) is 11.9 Å². The van der Waals surface area contributed by atoms with Crippen molar-refractivity contribution >= 4 is 23.3 Å². The first kappa shape index (κ1) is 17.1. The third-order valence-corrected chi connectivity index (χ3v) is 3.40. The van der Waals surface area contributed by atoms with Crippen molar-refractivity contribution < 1.29 is 9.53 Å². The molecule has 0 saturated heterocycles. The van der Waals surface area contributed by atoms with Crippen LogP contribution in [0, 0.1) is 0 Å². The molecular formula is C17H20ClN3O2. The third-order valence-electron chi connectivity index (χ3n) is 3.11. The summed E-state index contributed by atoms with van der Waals surface area (Å²) in [4.78, 5) is 15.9. The van der Waals surface area contributed by atoms with Gasteiger partial charge in [-0.25, -0.2) is 4.79 Å². The van der Waals surface area contributed by atoms with E-state index in [1.54, 1.807) is 24.4 Å². The molecule has 0 fully saturated rings. The minimum Gasteiger partial charge on any atom is -0.486 e. The molecule has 0 saturated carbocycles. The first-order valence-electron chi connectivity index (χ1n) is 7.56. The predicted molar refractivity (Wildman–Crippen MR) is 92.0 cm³/mol. The molecule has 0 unspecified atom stereocenters. The second-order valence-corrected chi connectivity index (χ2v) is 5.40. The molecule has 0 aliphatic heterocycles. The number of carbonyl (C=O) groups is 1. The summed E-state index contributed by atoms with van der Waals surface area (Å²) in [7, 11) is 0. The SMILES string of the molecule is CCCCNC(=O)Nc1ccc(OCc2ccccn2)c(Cl)c1. The standard InChI is InChI=1S/C17H20ClN3O2/c1-2-3-9-20-17(22)21-13-7-8-16(15(18)11-13)23-12-14-6-4-5-10-19-14/h4-8,10-11H,2-3,9,12H2,1H3,(H2,20,21,22). The molecule has 1 aromatic carbocycles. The Kier molecular flexibility index (Phi) is 6.69. The van der Waals surface area contributed by atoms with Crippen LogP contribution in [0.5, 0.6) is 5.75 Å². The molecule has 23 heavy (non-hydrogen) atoms. The molecule has 0 bridgehead atoms. The van der Waals surface area contributed by atoms with E-state index in [0.717, 1.165) is 18.5 Å². The molecule has 1 heterocycles. The molecule has 5 nitrogen and oxygen atoms in total. The summed E-state index contributed by atoms with van der Waals surface area (Å²) in [5.41, 5.74) is 1.44. The Labute approximate surface area is 141 Å². The Bertz CT molecular complexity index is 635. The number of benzene rings is 1. The van der Waals surface area contributed by atoms with Gasteiger partial charge in [-0.1, -0.05) is 31.0 Å². The fourth-order valence-corrected chi connectivity index (χ4v) is 2.12. The molecule has 1 aromatic heterocycles. The zero-order valence-electron chi connectivity index (χ0n) is 13.0. The van der Waals surface area contributed by atoms with Gasteiger partial charge in [0.2, 0.25) is 0 Å². The van der Waals surface area contributed by atoms with Gasteiger partial charge in [0.15, 0.2) is 0 Å². The van der Waals surface area contributed by atoms with Crippen LogP contribution in [0.15, 0.2) is 42.6 Å². The number of halogens is 1. The van der Waals surface area contributed by atoms with Crippen LogP contribution in [0.1, 0.15) is 25.5 Å². The monoisotopic (exact) mass is 333 g/mol. The van der Waals surface area contributed by atoms with Crippen LogP contribution in [0.2, 0.25) is 5.02 Å². The smallest absolute Gasteiger partial charge is 0.319 e. The summed E-state index contributed by atoms with van der Waals surface area (Å²) in [6, 6.07) is 10.5. The average molecular weight is 334 g/mol. The van der Waals surface area contributed by atoms with E-state index in [1.807, 2.05) is 18.2 Å². The lowest BCUT2D eigenvalue weighted by Crippen LogP contribution is -2.29. The van der Waals surface area contributed by atoms with Crippen LogP contribution >= 0.6 is 11.6 Å². The number of carbonyl (C=O) groups excluding carboxylic acids is 1. The van der Waals surface area contributed by atoms with Crippen molar-refractivity contribution in [3.05, 3.63) is 53.3 Å². The lowest BCUT2D eigenvalue weighted by molar-refractivity contribution is 0.252. The number of ether oxygens (including phenoxy) is 1. The van der Waals surface area contributed by atoms with Gasteiger partial charge in [-0.3, -0.25) is 4.98 Å². The zero-order chi connectivity index (χ0) is 16.5. The first-order valence-corrected chi connectivity index (χ1v) is 7.94. The average Bonchev–Trinajstić information content (AvgIpc) is 2.55. The summed E-state index contributed by atoms with van der Waals surface area (Å²) in [6.45, 7) is 3.06. The molecule has 2 N–H and O–H groups in total. The number of rotatable bonds is 7. The summed E-state index contributed by atoms with van der Waals surface area (Å²) < 4.78 is 5.64. The van der Waals surface area contributed by atoms with Crippen LogP contribution in [0.4, 0.5) is 10.5 Å². The molecule has 0 aliphatic carbocycles. The maximum absolute atomic E-state index is 11.7. The third kappa shape index (κ3) is 5.79. The van der Waals surface area contributed by atoms with Gasteiger partial charge in [-0.05, 0) is 36.8 Å². The Morgan fingerprint density at radius 2 is 2.17 bits per heavy atom. The number of hydrogen-bond acceptors (Lipinski definition) is 3. The molecule has 0 radical (unpaired) electrons. The van der Waals surface area contributed by atoms with Crippen LogP contribution in [0.25, 0.3) is 0 Å². The molecule has 6 heteroatoms. The van der Waals surface area contributed by atoms with E-state index in [4.69, 9.17) is 16.3 Å². The van der Waals surface area contributed by atoms with E-state index in [9.17, 15) is 4.79 Å². The Hall–Kier alpha value is -2.27. The van der Waals surface area contributed by atoms with E-state index in [-0.39, 0.29) is 6.03 Å². The van der Waals surface area contributed by atoms with Crippen LogP contribution in [-0.2, 0) is 6.61 Å². The second kappa shape index (κ2) is 9.00. The molecule has 2 amide bonds. The fourth-order valence-electron chi connectivity index (χ4n) is 1.88. The van der Waals surface area contributed by atoms with E-state index >= 15 is 0 Å². The number of amides is 2. The van der Waals surface area contributed by atoms with Gasteiger partial charge in [0.1, 0.15) is 12.4 Å². The lowest BCUT2D eigenvalue weighted by atomic mass is 10.3. The molecule has 0 atom stereocenters. The van der Waals surface area contributed by atoms with Crippen LogP contribution in [-0.4, -0.2) is 17.6 Å². The summed E-state index contributed by atoms with van der Waals surface area (Å²) >= 11 is 6.19. The van der Waals surface area contributed by atoms with Gasteiger partial charge in [-0.15, -0.1) is 0 Å². The predicted octanol–water partition coefficient (Wildman–Crippen LogP) is 4.24. The number of nitrogens with one attached hydrogen (secondary N) is 2. The van der Waals surface area contributed by atoms with Crippen molar-refractivity contribution in [1.29, 1.82) is 0 Å². The first-order chi connectivity index (χ1) is 11.2. The summed E-state index contributed by atoms with van der Waals surface area (Å²) in [6.07, 6.45) is 3.70. The van der Waals surface area contributed by atoms with Gasteiger partial charge >= 0.3 is 6.03 Å². The lowest BCUT2D eigenvalue weighted by Gasteiger charge is -2.11. The van der Waals surface area contributed by atoms with Gasteiger partial charge < -0.3 is 15.4 Å². The molecule has 2 aromatic rings. The minimum atomic E-state index is -0.239. The van der Waals surface area contributed by atoms with E-state index in [0.29, 0.717) is 29.6 Å². The van der Waals surface area contributed by atoms with Crippen LogP contribution in [0.3, 0.4) is 0 Å². The van der Waals surface area contributed by atoms with E-state index < -0.39 is 0 Å². The van der Waals surface area contributed by atoms with Gasteiger partial charge in [-0.2, -0.15) is 0 Å². The highest BCUT2D eigenvalue weighted by molar-refractivity contribution is 6.32. The summed E-state index contributed by atoms with van der Waals surface area (Å²) in [5, 5.41) is 5.96. The maximum Gasteiger partial charge on any atom is 0.319 e. The highest BCUT2D eigenvalue weighted by atomic mass is 35.5. The highest BCUT2D eigenvalue weighted by Crippen LogP contribution is 2.28. The maximum atomic E-state index is 11.7. The molecule has 0 aliphatic rings.